The van der Waals surface area contributed by atoms with Crippen molar-refractivity contribution < 1.29 is 0 Å². The minimum Gasteiger partial charge on any atom is -0.384 e. The Balaban J connectivity index is 1.91. The van der Waals surface area contributed by atoms with E-state index in [1.165, 1.54) is 5.56 Å². The Hall–Kier alpha value is -1.55. The minimum absolute atomic E-state index is 0.850. The summed E-state index contributed by atoms with van der Waals surface area (Å²) in [4.78, 5) is 4.22. The van der Waals surface area contributed by atoms with Gasteiger partial charge < -0.3 is 10.6 Å². The quantitative estimate of drug-likeness (QED) is 0.819. The van der Waals surface area contributed by atoms with Gasteiger partial charge in [-0.15, -0.1) is 0 Å². The predicted molar refractivity (Wildman–Crippen MR) is 74.7 cm³/mol. The highest BCUT2D eigenvalue weighted by Gasteiger charge is 1.97. The molecule has 0 spiro atoms. The molecule has 2 aromatic heterocycles. The van der Waals surface area contributed by atoms with Crippen LogP contribution >= 0.6 is 11.3 Å². The van der Waals surface area contributed by atoms with E-state index in [1.807, 2.05) is 12.4 Å². The third-order valence-corrected chi connectivity index (χ3v) is 3.13. The second-order valence-corrected chi connectivity index (χ2v) is 4.65. The summed E-state index contributed by atoms with van der Waals surface area (Å²) >= 11 is 1.72. The molecule has 0 aliphatic heterocycles. The van der Waals surface area contributed by atoms with E-state index in [0.717, 1.165) is 30.9 Å². The molecule has 0 atom stereocenters. The van der Waals surface area contributed by atoms with Crippen molar-refractivity contribution in [3.63, 3.8) is 0 Å². The zero-order valence-corrected chi connectivity index (χ0v) is 10.8. The lowest BCUT2D eigenvalue weighted by atomic mass is 10.3. The van der Waals surface area contributed by atoms with E-state index in [9.17, 15) is 0 Å². The van der Waals surface area contributed by atoms with Crippen LogP contribution in [-0.4, -0.2) is 11.5 Å². The molecule has 17 heavy (non-hydrogen) atoms. The van der Waals surface area contributed by atoms with Crippen LogP contribution in [-0.2, 0) is 6.54 Å². The number of thiophene rings is 1. The number of hydrogen-bond donors (Lipinski definition) is 2. The molecule has 2 heterocycles. The van der Waals surface area contributed by atoms with Crippen LogP contribution in [0.2, 0.25) is 0 Å². The fraction of sp³-hybridized carbons (Fsp3) is 0.308. The van der Waals surface area contributed by atoms with E-state index in [-0.39, 0.29) is 0 Å². The molecule has 0 amide bonds. The number of anilines is 2. The highest BCUT2D eigenvalue weighted by molar-refractivity contribution is 7.07. The van der Waals surface area contributed by atoms with E-state index in [1.54, 1.807) is 11.3 Å². The fourth-order valence-corrected chi connectivity index (χ4v) is 2.17. The standard InChI is InChI=1S/C13H17N3S/c1-2-4-15-12-6-13(9-14-8-12)16-7-11-3-5-17-10-11/h3,5-6,8-10,15-16H,2,4,7H2,1H3. The smallest absolute Gasteiger partial charge is 0.0550 e. The topological polar surface area (TPSA) is 37.0 Å². The molecule has 2 aromatic rings. The Morgan fingerprint density at radius 2 is 2.06 bits per heavy atom. The van der Waals surface area contributed by atoms with Gasteiger partial charge in [0, 0.05) is 13.1 Å². The number of rotatable bonds is 6. The Morgan fingerprint density at radius 1 is 1.24 bits per heavy atom. The van der Waals surface area contributed by atoms with Crippen molar-refractivity contribution in [3.05, 3.63) is 40.8 Å². The Kier molecular flexibility index (Phi) is 4.38. The lowest BCUT2D eigenvalue weighted by Crippen LogP contribution is -2.02. The van der Waals surface area contributed by atoms with Crippen LogP contribution < -0.4 is 10.6 Å². The van der Waals surface area contributed by atoms with Gasteiger partial charge in [-0.25, -0.2) is 0 Å². The van der Waals surface area contributed by atoms with Crippen LogP contribution in [0.3, 0.4) is 0 Å². The van der Waals surface area contributed by atoms with Crippen molar-refractivity contribution in [1.29, 1.82) is 0 Å². The molecule has 0 fully saturated rings. The molecule has 0 bridgehead atoms. The summed E-state index contributed by atoms with van der Waals surface area (Å²) in [6.07, 6.45) is 4.82. The summed E-state index contributed by atoms with van der Waals surface area (Å²) in [5.74, 6) is 0. The van der Waals surface area contributed by atoms with Gasteiger partial charge in [0.2, 0.25) is 0 Å². The molecule has 0 radical (unpaired) electrons. The molecule has 0 saturated carbocycles. The zero-order chi connectivity index (χ0) is 11.9. The van der Waals surface area contributed by atoms with Gasteiger partial charge in [-0.2, -0.15) is 11.3 Å². The van der Waals surface area contributed by atoms with Crippen LogP contribution in [0.1, 0.15) is 18.9 Å². The van der Waals surface area contributed by atoms with E-state index < -0.39 is 0 Å². The molecule has 3 nitrogen and oxygen atoms in total. The molecule has 0 aliphatic carbocycles. The van der Waals surface area contributed by atoms with E-state index in [4.69, 9.17) is 0 Å². The summed E-state index contributed by atoms with van der Waals surface area (Å²) in [6, 6.07) is 4.22. The molecule has 2 N–H and O–H groups in total. The van der Waals surface area contributed by atoms with Crippen LogP contribution in [0, 0.1) is 0 Å². The van der Waals surface area contributed by atoms with Crippen LogP contribution in [0.4, 0.5) is 11.4 Å². The van der Waals surface area contributed by atoms with Gasteiger partial charge in [0.1, 0.15) is 0 Å². The highest BCUT2D eigenvalue weighted by Crippen LogP contribution is 2.14. The Morgan fingerprint density at radius 3 is 2.76 bits per heavy atom. The van der Waals surface area contributed by atoms with Crippen molar-refractivity contribution in [1.82, 2.24) is 4.98 Å². The second-order valence-electron chi connectivity index (χ2n) is 3.87. The molecule has 90 valence electrons. The average molecular weight is 247 g/mol. The van der Waals surface area contributed by atoms with Crippen molar-refractivity contribution in [3.8, 4) is 0 Å². The van der Waals surface area contributed by atoms with Crippen molar-refractivity contribution in [2.45, 2.75) is 19.9 Å². The SMILES string of the molecule is CCCNc1cncc(NCc2ccsc2)c1. The van der Waals surface area contributed by atoms with Gasteiger partial charge in [0.05, 0.1) is 23.8 Å². The lowest BCUT2D eigenvalue weighted by molar-refractivity contribution is 0.977. The maximum absolute atomic E-state index is 4.22. The van der Waals surface area contributed by atoms with Gasteiger partial charge in [-0.3, -0.25) is 4.98 Å². The maximum Gasteiger partial charge on any atom is 0.0550 e. The summed E-state index contributed by atoms with van der Waals surface area (Å²) in [6.45, 7) is 3.98. The highest BCUT2D eigenvalue weighted by atomic mass is 32.1. The number of aromatic nitrogens is 1. The molecule has 0 aromatic carbocycles. The van der Waals surface area contributed by atoms with E-state index in [2.05, 4.69) is 45.4 Å². The second kappa shape index (κ2) is 6.25. The Labute approximate surface area is 106 Å². The number of nitrogens with one attached hydrogen (secondary N) is 2. The van der Waals surface area contributed by atoms with Crippen LogP contribution in [0.25, 0.3) is 0 Å². The third kappa shape index (κ3) is 3.75. The zero-order valence-electron chi connectivity index (χ0n) is 9.94. The van der Waals surface area contributed by atoms with E-state index >= 15 is 0 Å². The van der Waals surface area contributed by atoms with Gasteiger partial charge in [-0.05, 0) is 34.9 Å². The van der Waals surface area contributed by atoms with Crippen LogP contribution in [0.15, 0.2) is 35.3 Å². The van der Waals surface area contributed by atoms with Gasteiger partial charge in [0.25, 0.3) is 0 Å². The van der Waals surface area contributed by atoms with Gasteiger partial charge in [-0.1, -0.05) is 6.92 Å². The third-order valence-electron chi connectivity index (χ3n) is 2.39. The first-order valence-electron chi connectivity index (χ1n) is 5.82. The first-order chi connectivity index (χ1) is 8.38. The lowest BCUT2D eigenvalue weighted by Gasteiger charge is -2.08. The summed E-state index contributed by atoms with van der Waals surface area (Å²) < 4.78 is 0. The predicted octanol–water partition coefficient (Wildman–Crippen LogP) is 3.58. The maximum atomic E-state index is 4.22. The average Bonchev–Trinajstić information content (AvgIpc) is 2.87. The van der Waals surface area contributed by atoms with Crippen LogP contribution in [0.5, 0.6) is 0 Å². The fourth-order valence-electron chi connectivity index (χ4n) is 1.50. The molecule has 0 aliphatic rings. The van der Waals surface area contributed by atoms with E-state index in [0.29, 0.717) is 0 Å². The first-order valence-corrected chi connectivity index (χ1v) is 6.76. The normalized spacial score (nSPS) is 10.2. The minimum atomic E-state index is 0.850. The van der Waals surface area contributed by atoms with Crippen molar-refractivity contribution >= 4 is 22.7 Å². The Bertz CT molecular complexity index is 440. The van der Waals surface area contributed by atoms with Gasteiger partial charge >= 0.3 is 0 Å². The number of hydrogen-bond acceptors (Lipinski definition) is 4. The molecular formula is C13H17N3S. The molecular weight excluding hydrogens is 230 g/mol. The van der Waals surface area contributed by atoms with Crippen molar-refractivity contribution in [2.75, 3.05) is 17.2 Å². The molecule has 4 heteroatoms. The summed E-state index contributed by atoms with van der Waals surface area (Å²) in [5, 5.41) is 10.9. The molecule has 0 saturated heterocycles. The largest absolute Gasteiger partial charge is 0.384 e. The van der Waals surface area contributed by atoms with Crippen molar-refractivity contribution in [2.24, 2.45) is 0 Å². The van der Waals surface area contributed by atoms with Gasteiger partial charge in [0.15, 0.2) is 0 Å². The molecule has 2 rings (SSSR count). The molecule has 0 unspecified atom stereocenters. The number of pyridine rings is 1. The summed E-state index contributed by atoms with van der Waals surface area (Å²) in [7, 11) is 0. The summed E-state index contributed by atoms with van der Waals surface area (Å²) in [5.41, 5.74) is 3.43. The first kappa shape index (κ1) is 11.9. The number of nitrogens with zero attached hydrogens (tertiary/aromatic N) is 1. The monoisotopic (exact) mass is 247 g/mol.